The first-order chi connectivity index (χ1) is 18.2. The van der Waals surface area contributed by atoms with E-state index in [1.807, 2.05) is 63.5 Å². The van der Waals surface area contributed by atoms with E-state index in [1.165, 1.54) is 30.2 Å². The van der Waals surface area contributed by atoms with Gasteiger partial charge in [-0.25, -0.2) is 4.79 Å². The van der Waals surface area contributed by atoms with Gasteiger partial charge in [0.15, 0.2) is 11.0 Å². The predicted molar refractivity (Wildman–Crippen MR) is 151 cm³/mol. The highest BCUT2D eigenvalue weighted by molar-refractivity contribution is 7.99. The quantitative estimate of drug-likeness (QED) is 0.188. The highest BCUT2D eigenvalue weighted by Crippen LogP contribution is 2.38. The maximum Gasteiger partial charge on any atom is 0.341 e. The fourth-order valence-corrected chi connectivity index (χ4v) is 5.60. The summed E-state index contributed by atoms with van der Waals surface area (Å²) in [5.41, 5.74) is 5.14. The van der Waals surface area contributed by atoms with Crippen molar-refractivity contribution in [2.24, 2.45) is 7.05 Å². The number of carbonyl (C=O) groups excluding carboxylic acids is 2. The summed E-state index contributed by atoms with van der Waals surface area (Å²) in [6.45, 7) is 6.12. The van der Waals surface area contributed by atoms with Gasteiger partial charge >= 0.3 is 5.97 Å². The van der Waals surface area contributed by atoms with Gasteiger partial charge in [-0.05, 0) is 49.6 Å². The van der Waals surface area contributed by atoms with Crippen LogP contribution in [0.5, 0.6) is 5.75 Å². The second-order valence-electron chi connectivity index (χ2n) is 8.68. The van der Waals surface area contributed by atoms with Crippen LogP contribution in [0.1, 0.15) is 32.9 Å². The molecule has 0 unspecified atom stereocenters. The number of aromatic nitrogens is 3. The molecule has 1 N–H and O–H groups in total. The van der Waals surface area contributed by atoms with Crippen LogP contribution < -0.4 is 10.1 Å². The number of carbonyl (C=O) groups is 2. The van der Waals surface area contributed by atoms with Crippen molar-refractivity contribution in [2.45, 2.75) is 32.5 Å². The molecule has 1 amide bonds. The molecule has 0 saturated carbocycles. The third-order valence-electron chi connectivity index (χ3n) is 5.82. The lowest BCUT2D eigenvalue weighted by atomic mass is 9.97. The maximum atomic E-state index is 12.8. The van der Waals surface area contributed by atoms with Gasteiger partial charge in [0.05, 0.1) is 17.9 Å². The number of aryl methyl sites for hydroxylation is 3. The zero-order valence-corrected chi connectivity index (χ0v) is 24.0. The zero-order chi connectivity index (χ0) is 27.4. The minimum Gasteiger partial charge on any atom is -0.484 e. The van der Waals surface area contributed by atoms with Gasteiger partial charge in [-0.15, -0.1) is 21.5 Å². The molecule has 8 nitrogen and oxygen atoms in total. The number of esters is 1. The number of hydrogen-bond acceptors (Lipinski definition) is 8. The molecule has 0 atom stereocenters. The summed E-state index contributed by atoms with van der Waals surface area (Å²) in [4.78, 5) is 25.5. The van der Waals surface area contributed by atoms with Crippen molar-refractivity contribution < 1.29 is 19.1 Å². The lowest BCUT2D eigenvalue weighted by Gasteiger charge is -2.10. The normalized spacial score (nSPS) is 10.9. The Hall–Kier alpha value is -3.34. The van der Waals surface area contributed by atoms with Gasteiger partial charge in [0, 0.05) is 18.0 Å². The van der Waals surface area contributed by atoms with E-state index in [1.54, 1.807) is 10.6 Å². The molecular weight excluding hydrogens is 544 g/mol. The fraction of sp³-hybridized carbons (Fsp3) is 0.259. The maximum absolute atomic E-state index is 12.8. The van der Waals surface area contributed by atoms with Crippen LogP contribution >= 0.6 is 34.7 Å². The Morgan fingerprint density at radius 3 is 2.58 bits per heavy atom. The van der Waals surface area contributed by atoms with E-state index in [2.05, 4.69) is 15.5 Å². The first kappa shape index (κ1) is 27.7. The van der Waals surface area contributed by atoms with Crippen LogP contribution in [0, 0.1) is 20.8 Å². The van der Waals surface area contributed by atoms with Crippen molar-refractivity contribution in [3.05, 3.63) is 74.9 Å². The van der Waals surface area contributed by atoms with Crippen LogP contribution in [-0.4, -0.2) is 39.5 Å². The van der Waals surface area contributed by atoms with E-state index in [0.29, 0.717) is 32.3 Å². The van der Waals surface area contributed by atoms with E-state index in [0.717, 1.165) is 27.8 Å². The molecule has 198 valence electrons. The summed E-state index contributed by atoms with van der Waals surface area (Å²) in [6, 6.07) is 11.6. The Labute approximate surface area is 234 Å². The molecule has 4 rings (SSSR count). The monoisotopic (exact) mass is 570 g/mol. The van der Waals surface area contributed by atoms with Gasteiger partial charge < -0.3 is 19.4 Å². The van der Waals surface area contributed by atoms with Gasteiger partial charge in [0.25, 0.3) is 0 Å². The average Bonchev–Trinajstić information content (AvgIpc) is 3.47. The molecule has 0 spiro atoms. The van der Waals surface area contributed by atoms with E-state index in [-0.39, 0.29) is 18.3 Å². The molecule has 0 aliphatic carbocycles. The van der Waals surface area contributed by atoms with E-state index in [4.69, 9.17) is 21.1 Å². The highest BCUT2D eigenvalue weighted by Gasteiger charge is 2.23. The second-order valence-corrected chi connectivity index (χ2v) is 10.9. The van der Waals surface area contributed by atoms with Crippen molar-refractivity contribution in [3.63, 3.8) is 0 Å². The fourth-order valence-electron chi connectivity index (χ4n) is 3.73. The van der Waals surface area contributed by atoms with Crippen LogP contribution in [0.25, 0.3) is 11.1 Å². The van der Waals surface area contributed by atoms with Crippen LogP contribution in [0.2, 0.25) is 5.02 Å². The molecule has 11 heteroatoms. The molecule has 38 heavy (non-hydrogen) atoms. The Morgan fingerprint density at radius 2 is 1.82 bits per heavy atom. The smallest absolute Gasteiger partial charge is 0.341 e. The Morgan fingerprint density at radius 1 is 1.08 bits per heavy atom. The number of anilines is 1. The van der Waals surface area contributed by atoms with Crippen LogP contribution in [0.4, 0.5) is 5.00 Å². The lowest BCUT2D eigenvalue weighted by Crippen LogP contribution is -2.16. The number of halogens is 1. The first-order valence-electron chi connectivity index (χ1n) is 11.6. The highest BCUT2D eigenvalue weighted by atomic mass is 35.5. The van der Waals surface area contributed by atoms with Crippen LogP contribution in [-0.2, 0) is 23.2 Å². The van der Waals surface area contributed by atoms with Crippen molar-refractivity contribution in [3.8, 4) is 16.9 Å². The molecule has 2 aromatic heterocycles. The summed E-state index contributed by atoms with van der Waals surface area (Å²) < 4.78 is 12.6. The summed E-state index contributed by atoms with van der Waals surface area (Å²) >= 11 is 8.73. The molecular formula is C27H27ClN4O4S2. The van der Waals surface area contributed by atoms with Gasteiger partial charge in [-0.2, -0.15) is 0 Å². The molecule has 4 aromatic rings. The minimum atomic E-state index is -0.503. The molecule has 0 aliphatic heterocycles. The number of nitrogens with one attached hydrogen (secondary N) is 1. The third kappa shape index (κ3) is 6.20. The summed E-state index contributed by atoms with van der Waals surface area (Å²) in [6.07, 6.45) is 0. The van der Waals surface area contributed by atoms with Crippen LogP contribution in [0.15, 0.2) is 46.9 Å². The second kappa shape index (κ2) is 12.0. The van der Waals surface area contributed by atoms with Crippen LogP contribution in [0.3, 0.4) is 0 Å². The van der Waals surface area contributed by atoms with Gasteiger partial charge in [0.2, 0.25) is 5.91 Å². The predicted octanol–water partition coefficient (Wildman–Crippen LogP) is 6.22. The number of benzene rings is 2. The topological polar surface area (TPSA) is 95.3 Å². The lowest BCUT2D eigenvalue weighted by molar-refractivity contribution is -0.113. The van der Waals surface area contributed by atoms with E-state index >= 15 is 0 Å². The number of hydrogen-bond donors (Lipinski definition) is 1. The Balaban J connectivity index is 1.43. The number of ether oxygens (including phenoxy) is 2. The van der Waals surface area contributed by atoms with E-state index < -0.39 is 5.97 Å². The van der Waals surface area contributed by atoms with Crippen molar-refractivity contribution in [1.82, 2.24) is 14.8 Å². The van der Waals surface area contributed by atoms with Gasteiger partial charge in [0.1, 0.15) is 22.9 Å². The number of methoxy groups -OCH3 is 1. The SMILES string of the molecule is COC(=O)c1c(-c2cc(C)ccc2C)csc1NC(=O)CSc1nnc(COc2cc(C)ccc2Cl)n1C. The minimum absolute atomic E-state index is 0.0772. The molecule has 0 aliphatic rings. The number of thiophene rings is 1. The standard InChI is InChI=1S/C27H27ClN4O4S2/c1-15-6-8-17(3)18(10-15)19-13-37-25(24(19)26(34)35-5)29-23(33)14-38-27-31-30-22(32(27)4)12-36-21-11-16(2)7-9-20(21)28/h6-11,13H,12,14H2,1-5H3,(H,29,33). The average molecular weight is 571 g/mol. The molecule has 2 aromatic carbocycles. The summed E-state index contributed by atoms with van der Waals surface area (Å²) in [5, 5.41) is 14.6. The zero-order valence-electron chi connectivity index (χ0n) is 21.6. The van der Waals surface area contributed by atoms with Gasteiger partial charge in [-0.3, -0.25) is 4.79 Å². The summed E-state index contributed by atoms with van der Waals surface area (Å²) in [5.74, 6) is 0.461. The number of rotatable bonds is 9. The molecule has 0 fully saturated rings. The van der Waals surface area contributed by atoms with Crippen molar-refractivity contribution >= 4 is 51.6 Å². The number of amides is 1. The van der Waals surface area contributed by atoms with Crippen molar-refractivity contribution in [2.75, 3.05) is 18.2 Å². The molecule has 2 heterocycles. The van der Waals surface area contributed by atoms with Gasteiger partial charge in [-0.1, -0.05) is 53.2 Å². The molecule has 0 radical (unpaired) electrons. The molecule has 0 bridgehead atoms. The van der Waals surface area contributed by atoms with E-state index in [9.17, 15) is 9.59 Å². The number of nitrogens with zero attached hydrogens (tertiary/aromatic N) is 3. The molecule has 0 saturated heterocycles. The number of thioether (sulfide) groups is 1. The Kier molecular flexibility index (Phi) is 8.76. The summed E-state index contributed by atoms with van der Waals surface area (Å²) in [7, 11) is 3.14. The Bertz CT molecular complexity index is 1500. The third-order valence-corrected chi connectivity index (χ3v) is 8.05. The largest absolute Gasteiger partial charge is 0.484 e. The van der Waals surface area contributed by atoms with Crippen molar-refractivity contribution in [1.29, 1.82) is 0 Å². The first-order valence-corrected chi connectivity index (χ1v) is 13.9.